The number of benzene rings is 2. The Labute approximate surface area is 243 Å². The molecule has 2 aromatic rings. The van der Waals surface area contributed by atoms with Crippen LogP contribution >= 0.6 is 15.9 Å². The monoisotopic (exact) mass is 606 g/mol. The summed E-state index contributed by atoms with van der Waals surface area (Å²) in [6.45, 7) is 6.56. The third-order valence-electron chi connectivity index (χ3n) is 8.21. The minimum Gasteiger partial charge on any atom is -0.493 e. The van der Waals surface area contributed by atoms with Crippen LogP contribution in [0.5, 0.6) is 11.5 Å². The van der Waals surface area contributed by atoms with Gasteiger partial charge in [-0.15, -0.1) is 0 Å². The molecule has 1 heterocycles. The Hall–Kier alpha value is -3.39. The van der Waals surface area contributed by atoms with Crippen LogP contribution in [0.3, 0.4) is 0 Å². The van der Waals surface area contributed by atoms with Gasteiger partial charge in [-0.1, -0.05) is 12.1 Å². The number of hydrogen-bond donors (Lipinski definition) is 1. The molecule has 2 aliphatic carbocycles. The second kappa shape index (κ2) is 11.6. The lowest BCUT2D eigenvalue weighted by atomic mass is 9.71. The van der Waals surface area contributed by atoms with Gasteiger partial charge in [0, 0.05) is 53.5 Å². The van der Waals surface area contributed by atoms with Gasteiger partial charge in [-0.2, -0.15) is 0 Å². The average Bonchev–Trinajstić information content (AvgIpc) is 2.93. The summed E-state index contributed by atoms with van der Waals surface area (Å²) < 4.78 is 12.2. The zero-order valence-electron chi connectivity index (χ0n) is 23.5. The molecule has 0 saturated carbocycles. The highest BCUT2D eigenvalue weighted by atomic mass is 79.9. The lowest BCUT2D eigenvalue weighted by Crippen LogP contribution is -2.39. The number of halogens is 1. The van der Waals surface area contributed by atoms with E-state index in [0.29, 0.717) is 28.8 Å². The normalized spacial score (nSPS) is 17.6. The molecule has 1 aliphatic heterocycles. The molecular weight excluding hydrogens is 572 g/mol. The van der Waals surface area contributed by atoms with Crippen molar-refractivity contribution in [2.45, 2.75) is 65.2 Å². The molecule has 0 fully saturated rings. The summed E-state index contributed by atoms with van der Waals surface area (Å²) in [6, 6.07) is 9.49. The Balaban J connectivity index is 1.49. The second-order valence-electron chi connectivity index (χ2n) is 10.6. The Morgan fingerprint density at radius 1 is 1.02 bits per heavy atom. The number of methoxy groups -OCH3 is 1. The number of aryl methyl sites for hydroxylation is 1. The number of rotatable bonds is 7. The van der Waals surface area contributed by atoms with Crippen LogP contribution in [0.2, 0.25) is 0 Å². The molecule has 5 rings (SSSR count). The van der Waals surface area contributed by atoms with Gasteiger partial charge in [0.1, 0.15) is 0 Å². The number of ketones is 2. The molecule has 1 amide bonds. The van der Waals surface area contributed by atoms with Gasteiger partial charge < -0.3 is 19.7 Å². The van der Waals surface area contributed by atoms with Crippen molar-refractivity contribution in [3.8, 4) is 11.5 Å². The van der Waals surface area contributed by atoms with Crippen molar-refractivity contribution in [1.82, 2.24) is 4.90 Å². The number of nitrogens with zero attached hydrogens (tertiary/aromatic N) is 1. The van der Waals surface area contributed by atoms with E-state index < -0.39 is 5.92 Å². The van der Waals surface area contributed by atoms with E-state index in [2.05, 4.69) is 33.1 Å². The maximum absolute atomic E-state index is 13.4. The fraction of sp³-hybridized carbons (Fsp3) is 0.406. The maximum atomic E-state index is 13.4. The molecular formula is C32H35BrN2O5. The van der Waals surface area contributed by atoms with Crippen molar-refractivity contribution in [2.75, 3.05) is 25.6 Å². The topological polar surface area (TPSA) is 84.9 Å². The first kappa shape index (κ1) is 28.1. The Morgan fingerprint density at radius 2 is 1.68 bits per heavy atom. The molecule has 7 nitrogen and oxygen atoms in total. The number of hydrogen-bond acceptors (Lipinski definition) is 6. The van der Waals surface area contributed by atoms with Crippen molar-refractivity contribution in [2.24, 2.45) is 0 Å². The first-order valence-electron chi connectivity index (χ1n) is 13.9. The van der Waals surface area contributed by atoms with Crippen LogP contribution in [-0.2, 0) is 14.4 Å². The van der Waals surface area contributed by atoms with E-state index in [1.165, 1.54) is 0 Å². The van der Waals surface area contributed by atoms with Crippen LogP contribution in [0.1, 0.15) is 68.1 Å². The summed E-state index contributed by atoms with van der Waals surface area (Å²) >= 11 is 3.63. The van der Waals surface area contributed by atoms with Crippen LogP contribution < -0.4 is 14.8 Å². The SMILES string of the molecule is CCN1C2=C(C(=O)CCC2)C(c2cc(Br)c(OCC(=O)Nc3cccc(C)c3C)c(OC)c2)C2=C1CCCC2=O. The standard InChI is InChI=1S/C32H35BrN2O5/c1-5-35-23-11-7-13-25(36)30(23)29(31-24(35)12-8-14-26(31)37)20-15-21(33)32(27(16-20)39-4)40-17-28(38)34-22-10-6-9-18(2)19(22)3/h6,9-10,15-16,29H,5,7-8,11-14,17H2,1-4H3,(H,34,38). The van der Waals surface area contributed by atoms with Gasteiger partial charge >= 0.3 is 0 Å². The highest BCUT2D eigenvalue weighted by Gasteiger charge is 2.43. The van der Waals surface area contributed by atoms with Crippen LogP contribution in [0.4, 0.5) is 5.69 Å². The van der Waals surface area contributed by atoms with Gasteiger partial charge in [0.2, 0.25) is 0 Å². The van der Waals surface area contributed by atoms with E-state index in [9.17, 15) is 14.4 Å². The quantitative estimate of drug-likeness (QED) is 0.386. The van der Waals surface area contributed by atoms with Gasteiger partial charge in [-0.05, 0) is 97.3 Å². The minimum atomic E-state index is -0.444. The van der Waals surface area contributed by atoms with Crippen molar-refractivity contribution in [1.29, 1.82) is 0 Å². The lowest BCUT2D eigenvalue weighted by molar-refractivity contribution is -0.118. The fourth-order valence-electron chi connectivity index (χ4n) is 6.19. The molecule has 210 valence electrons. The minimum absolute atomic E-state index is 0.105. The van der Waals surface area contributed by atoms with Gasteiger partial charge in [0.25, 0.3) is 5.91 Å². The number of amides is 1. The smallest absolute Gasteiger partial charge is 0.262 e. The Bertz CT molecular complexity index is 1410. The van der Waals surface area contributed by atoms with Crippen molar-refractivity contribution < 1.29 is 23.9 Å². The highest BCUT2D eigenvalue weighted by molar-refractivity contribution is 9.10. The number of anilines is 1. The molecule has 40 heavy (non-hydrogen) atoms. The van der Waals surface area contributed by atoms with E-state index in [0.717, 1.165) is 77.1 Å². The molecule has 0 radical (unpaired) electrons. The van der Waals surface area contributed by atoms with E-state index >= 15 is 0 Å². The van der Waals surface area contributed by atoms with Gasteiger partial charge in [0.15, 0.2) is 29.7 Å². The number of Topliss-reactive ketones (excluding diaryl/α,β-unsaturated/α-hetero) is 2. The number of carbonyl (C=O) groups is 3. The Morgan fingerprint density at radius 3 is 2.27 bits per heavy atom. The molecule has 3 aliphatic rings. The second-order valence-corrected chi connectivity index (χ2v) is 11.4. The third kappa shape index (κ3) is 5.09. The summed E-state index contributed by atoms with van der Waals surface area (Å²) in [4.78, 5) is 41.8. The zero-order valence-corrected chi connectivity index (χ0v) is 25.1. The molecule has 0 saturated heterocycles. The van der Waals surface area contributed by atoms with E-state index in [4.69, 9.17) is 9.47 Å². The average molecular weight is 608 g/mol. The number of carbonyl (C=O) groups excluding carboxylic acids is 3. The van der Waals surface area contributed by atoms with Crippen LogP contribution in [0, 0.1) is 13.8 Å². The summed E-state index contributed by atoms with van der Waals surface area (Å²) in [5, 5.41) is 2.91. The molecule has 2 aromatic carbocycles. The lowest BCUT2D eigenvalue weighted by Gasteiger charge is -2.43. The van der Waals surface area contributed by atoms with Crippen LogP contribution in [0.25, 0.3) is 0 Å². The molecule has 0 spiro atoms. The Kier molecular flexibility index (Phi) is 8.17. The van der Waals surface area contributed by atoms with Crippen molar-refractivity contribution in [3.05, 3.63) is 74.0 Å². The number of allylic oxidation sites excluding steroid dienone is 4. The predicted molar refractivity (Wildman–Crippen MR) is 158 cm³/mol. The molecule has 1 N–H and O–H groups in total. The molecule has 0 atom stereocenters. The number of ether oxygens (including phenoxy) is 2. The number of nitrogens with one attached hydrogen (secondary N) is 1. The van der Waals surface area contributed by atoms with E-state index in [1.807, 2.05) is 44.2 Å². The largest absolute Gasteiger partial charge is 0.493 e. The van der Waals surface area contributed by atoms with E-state index in [-0.39, 0.29) is 24.1 Å². The molecule has 8 heteroatoms. The first-order valence-corrected chi connectivity index (χ1v) is 14.7. The van der Waals surface area contributed by atoms with Crippen LogP contribution in [0.15, 0.2) is 57.3 Å². The predicted octanol–water partition coefficient (Wildman–Crippen LogP) is 6.53. The molecule has 0 bridgehead atoms. The third-order valence-corrected chi connectivity index (χ3v) is 8.80. The summed E-state index contributed by atoms with van der Waals surface area (Å²) in [5.74, 6) is 0.296. The van der Waals surface area contributed by atoms with Gasteiger partial charge in [0.05, 0.1) is 11.6 Å². The van der Waals surface area contributed by atoms with Crippen molar-refractivity contribution >= 4 is 39.1 Å². The summed E-state index contributed by atoms with van der Waals surface area (Å²) in [5.41, 5.74) is 7.22. The zero-order chi connectivity index (χ0) is 28.6. The van der Waals surface area contributed by atoms with Crippen molar-refractivity contribution in [3.63, 3.8) is 0 Å². The van der Waals surface area contributed by atoms with Gasteiger partial charge in [-0.25, -0.2) is 0 Å². The summed E-state index contributed by atoms with van der Waals surface area (Å²) in [7, 11) is 1.54. The van der Waals surface area contributed by atoms with Gasteiger partial charge in [-0.3, -0.25) is 14.4 Å². The maximum Gasteiger partial charge on any atom is 0.262 e. The molecule has 0 unspecified atom stereocenters. The molecule has 0 aromatic heterocycles. The highest BCUT2D eigenvalue weighted by Crippen LogP contribution is 2.51. The first-order chi connectivity index (χ1) is 19.2. The van der Waals surface area contributed by atoms with Crippen LogP contribution in [-0.4, -0.2) is 42.6 Å². The summed E-state index contributed by atoms with van der Waals surface area (Å²) in [6.07, 6.45) is 4.26. The van der Waals surface area contributed by atoms with E-state index in [1.54, 1.807) is 7.11 Å². The fourth-order valence-corrected chi connectivity index (χ4v) is 6.76.